The second kappa shape index (κ2) is 6.80. The van der Waals surface area contributed by atoms with Gasteiger partial charge in [-0.05, 0) is 24.5 Å². The van der Waals surface area contributed by atoms with E-state index in [2.05, 4.69) is 24.1 Å². The summed E-state index contributed by atoms with van der Waals surface area (Å²) in [6.07, 6.45) is 2.82. The van der Waals surface area contributed by atoms with Crippen molar-refractivity contribution in [2.45, 2.75) is 26.3 Å². The number of pyridine rings is 1. The molecule has 0 saturated carbocycles. The Kier molecular flexibility index (Phi) is 5.07. The van der Waals surface area contributed by atoms with Crippen LogP contribution in [-0.2, 0) is 0 Å². The zero-order valence-electron chi connectivity index (χ0n) is 12.2. The third kappa shape index (κ3) is 3.34. The zero-order valence-corrected chi connectivity index (χ0v) is 12.9. The molecule has 1 heterocycles. The molecule has 0 spiro atoms. The van der Waals surface area contributed by atoms with Gasteiger partial charge in [0.1, 0.15) is 11.6 Å². The maximum absolute atomic E-state index is 6.06. The van der Waals surface area contributed by atoms with Crippen LogP contribution in [0.3, 0.4) is 0 Å². The summed E-state index contributed by atoms with van der Waals surface area (Å²) in [5.41, 5.74) is 0. The van der Waals surface area contributed by atoms with Crippen LogP contribution in [0.15, 0.2) is 30.5 Å². The number of hydrogen-bond donors (Lipinski definition) is 1. The molecule has 0 amide bonds. The molecule has 0 aliphatic heterocycles. The second-order valence-corrected chi connectivity index (χ2v) is 5.65. The van der Waals surface area contributed by atoms with Gasteiger partial charge in [-0.3, -0.25) is 0 Å². The van der Waals surface area contributed by atoms with Gasteiger partial charge in [-0.1, -0.05) is 26.0 Å². The summed E-state index contributed by atoms with van der Waals surface area (Å²) in [4.78, 5) is 4.45. The molecule has 2 aromatic rings. The number of aromatic nitrogens is 1. The smallest absolute Gasteiger partial charge is 0.134 e. The summed E-state index contributed by atoms with van der Waals surface area (Å²) >= 11 is 6.06. The molecule has 1 atom stereocenters. The molecule has 1 N–H and O–H groups in total. The van der Waals surface area contributed by atoms with Gasteiger partial charge in [0.2, 0.25) is 0 Å². The first-order chi connectivity index (χ1) is 9.65. The number of anilines is 1. The molecular weight excluding hydrogens is 272 g/mol. The number of hydrogen-bond acceptors (Lipinski definition) is 3. The zero-order chi connectivity index (χ0) is 14.5. The van der Waals surface area contributed by atoms with E-state index in [1.54, 1.807) is 13.3 Å². The van der Waals surface area contributed by atoms with E-state index in [0.717, 1.165) is 28.8 Å². The fourth-order valence-electron chi connectivity index (χ4n) is 2.39. The van der Waals surface area contributed by atoms with Crippen molar-refractivity contribution in [3.05, 3.63) is 30.5 Å². The maximum Gasteiger partial charge on any atom is 0.134 e. The van der Waals surface area contributed by atoms with E-state index in [1.165, 1.54) is 0 Å². The van der Waals surface area contributed by atoms with Gasteiger partial charge in [0.25, 0.3) is 0 Å². The molecule has 2 rings (SSSR count). The largest absolute Gasteiger partial charge is 0.496 e. The van der Waals surface area contributed by atoms with Crippen molar-refractivity contribution in [3.63, 3.8) is 0 Å². The van der Waals surface area contributed by atoms with Crippen molar-refractivity contribution >= 4 is 28.2 Å². The van der Waals surface area contributed by atoms with E-state index in [1.807, 2.05) is 24.3 Å². The highest BCUT2D eigenvalue weighted by Gasteiger charge is 2.13. The lowest BCUT2D eigenvalue weighted by atomic mass is 10.0. The third-order valence-corrected chi connectivity index (χ3v) is 3.64. The Labute approximate surface area is 125 Å². The van der Waals surface area contributed by atoms with E-state index in [4.69, 9.17) is 16.3 Å². The molecule has 0 radical (unpaired) electrons. The second-order valence-electron chi connectivity index (χ2n) is 5.34. The van der Waals surface area contributed by atoms with Crippen LogP contribution in [0.2, 0.25) is 0 Å². The SMILES string of the molecule is COc1cccc2c(NC(CCl)CC(C)C)nccc12. The Morgan fingerprint density at radius 2 is 2.05 bits per heavy atom. The van der Waals surface area contributed by atoms with Gasteiger partial charge >= 0.3 is 0 Å². The lowest BCUT2D eigenvalue weighted by molar-refractivity contribution is 0.420. The highest BCUT2D eigenvalue weighted by atomic mass is 35.5. The fraction of sp³-hybridized carbons (Fsp3) is 0.438. The van der Waals surface area contributed by atoms with E-state index in [0.29, 0.717) is 11.8 Å². The summed E-state index contributed by atoms with van der Waals surface area (Å²) in [7, 11) is 1.68. The van der Waals surface area contributed by atoms with Crippen LogP contribution in [-0.4, -0.2) is 24.0 Å². The summed E-state index contributed by atoms with van der Waals surface area (Å²) < 4.78 is 5.40. The number of fused-ring (bicyclic) bond motifs is 1. The van der Waals surface area contributed by atoms with E-state index < -0.39 is 0 Å². The first-order valence-electron chi connectivity index (χ1n) is 6.90. The van der Waals surface area contributed by atoms with Crippen molar-refractivity contribution in [1.29, 1.82) is 0 Å². The molecule has 4 heteroatoms. The quantitative estimate of drug-likeness (QED) is 0.806. The number of ether oxygens (including phenoxy) is 1. The Balaban J connectivity index is 2.34. The molecule has 0 aliphatic carbocycles. The summed E-state index contributed by atoms with van der Waals surface area (Å²) in [5, 5.41) is 5.58. The van der Waals surface area contributed by atoms with Crippen molar-refractivity contribution in [3.8, 4) is 5.75 Å². The molecule has 20 heavy (non-hydrogen) atoms. The lowest BCUT2D eigenvalue weighted by Gasteiger charge is -2.20. The minimum Gasteiger partial charge on any atom is -0.496 e. The minimum absolute atomic E-state index is 0.223. The third-order valence-electron chi connectivity index (χ3n) is 3.27. The first kappa shape index (κ1) is 14.9. The number of nitrogens with one attached hydrogen (secondary N) is 1. The monoisotopic (exact) mass is 292 g/mol. The van der Waals surface area contributed by atoms with E-state index >= 15 is 0 Å². The average Bonchev–Trinajstić information content (AvgIpc) is 2.45. The molecule has 1 aromatic carbocycles. The normalized spacial score (nSPS) is 12.7. The van der Waals surface area contributed by atoms with Crippen LogP contribution in [0.5, 0.6) is 5.75 Å². The number of nitrogens with zero attached hydrogens (tertiary/aromatic N) is 1. The molecule has 1 aromatic heterocycles. The molecule has 0 fully saturated rings. The van der Waals surface area contributed by atoms with Crippen LogP contribution in [0, 0.1) is 5.92 Å². The number of halogens is 1. The minimum atomic E-state index is 0.223. The van der Waals surface area contributed by atoms with Gasteiger partial charge in [0, 0.05) is 28.9 Å². The van der Waals surface area contributed by atoms with E-state index in [-0.39, 0.29) is 6.04 Å². The summed E-state index contributed by atoms with van der Waals surface area (Å²) in [5.74, 6) is 2.89. The number of rotatable bonds is 6. The average molecular weight is 293 g/mol. The van der Waals surface area contributed by atoms with Crippen LogP contribution >= 0.6 is 11.6 Å². The van der Waals surface area contributed by atoms with Crippen molar-refractivity contribution in [2.24, 2.45) is 5.92 Å². The Bertz CT molecular complexity index is 571. The van der Waals surface area contributed by atoms with Gasteiger partial charge in [-0.15, -0.1) is 11.6 Å². The number of alkyl halides is 1. The standard InChI is InChI=1S/C16H21ClN2O/c1-11(2)9-12(10-17)19-16-14-5-4-6-15(20-3)13(14)7-8-18-16/h4-8,11-12H,9-10H2,1-3H3,(H,18,19). The predicted octanol–water partition coefficient (Wildman–Crippen LogP) is 4.31. The fourth-order valence-corrected chi connectivity index (χ4v) is 2.60. The summed E-state index contributed by atoms with van der Waals surface area (Å²) in [6.45, 7) is 4.39. The maximum atomic E-state index is 6.06. The van der Waals surface area contributed by atoms with Crippen LogP contribution in [0.4, 0.5) is 5.82 Å². The van der Waals surface area contributed by atoms with Gasteiger partial charge in [0.15, 0.2) is 0 Å². The van der Waals surface area contributed by atoms with Gasteiger partial charge < -0.3 is 10.1 Å². The molecular formula is C16H21ClN2O. The first-order valence-corrected chi connectivity index (χ1v) is 7.43. The topological polar surface area (TPSA) is 34.1 Å². The van der Waals surface area contributed by atoms with Gasteiger partial charge in [0.05, 0.1) is 7.11 Å². The molecule has 0 aliphatic rings. The van der Waals surface area contributed by atoms with Crippen LogP contribution < -0.4 is 10.1 Å². The lowest BCUT2D eigenvalue weighted by Crippen LogP contribution is -2.24. The number of methoxy groups -OCH3 is 1. The molecule has 0 bridgehead atoms. The molecule has 1 unspecified atom stereocenters. The van der Waals surface area contributed by atoms with Crippen molar-refractivity contribution in [1.82, 2.24) is 4.98 Å². The Morgan fingerprint density at radius 3 is 2.70 bits per heavy atom. The number of benzene rings is 1. The van der Waals surface area contributed by atoms with Crippen molar-refractivity contribution in [2.75, 3.05) is 18.3 Å². The highest BCUT2D eigenvalue weighted by Crippen LogP contribution is 2.29. The van der Waals surface area contributed by atoms with E-state index in [9.17, 15) is 0 Å². The van der Waals surface area contributed by atoms with Crippen LogP contribution in [0.1, 0.15) is 20.3 Å². The molecule has 0 saturated heterocycles. The predicted molar refractivity (Wildman–Crippen MR) is 85.9 cm³/mol. The summed E-state index contributed by atoms with van der Waals surface area (Å²) in [6, 6.07) is 8.18. The van der Waals surface area contributed by atoms with Crippen molar-refractivity contribution < 1.29 is 4.74 Å². The Hall–Kier alpha value is -1.48. The molecule has 108 valence electrons. The molecule has 3 nitrogen and oxygen atoms in total. The van der Waals surface area contributed by atoms with Crippen LogP contribution in [0.25, 0.3) is 10.8 Å². The Morgan fingerprint density at radius 1 is 1.25 bits per heavy atom. The highest BCUT2D eigenvalue weighted by molar-refractivity contribution is 6.18. The van der Waals surface area contributed by atoms with Gasteiger partial charge in [-0.2, -0.15) is 0 Å². The van der Waals surface area contributed by atoms with Gasteiger partial charge in [-0.25, -0.2) is 4.98 Å².